The van der Waals surface area contributed by atoms with Crippen molar-refractivity contribution in [2.24, 2.45) is 5.73 Å². The number of amides is 2. The third kappa shape index (κ3) is 4.16. The van der Waals surface area contributed by atoms with Crippen molar-refractivity contribution in [3.05, 3.63) is 40.8 Å². The molecule has 5 N–H and O–H groups in total. The van der Waals surface area contributed by atoms with E-state index < -0.39 is 28.4 Å². The number of anilines is 1. The van der Waals surface area contributed by atoms with E-state index in [0.717, 1.165) is 11.3 Å². The van der Waals surface area contributed by atoms with Crippen LogP contribution in [0.2, 0.25) is 0 Å². The molecule has 3 rings (SSSR count). The molecule has 3 aromatic rings. The molecular weight excluding hydrogens is 398 g/mol. The number of thiophene rings is 1. The van der Waals surface area contributed by atoms with Gasteiger partial charge in [-0.1, -0.05) is 6.07 Å². The van der Waals surface area contributed by atoms with Crippen molar-refractivity contribution >= 4 is 49.6 Å². The maximum Gasteiger partial charge on any atom is 0.265 e. The number of aromatic amines is 1. The molecule has 0 aromatic carbocycles. The van der Waals surface area contributed by atoms with Gasteiger partial charge in [0.25, 0.3) is 15.9 Å². The van der Waals surface area contributed by atoms with Gasteiger partial charge in [-0.15, -0.1) is 22.7 Å². The van der Waals surface area contributed by atoms with Crippen LogP contribution in [0, 0.1) is 0 Å². The highest BCUT2D eigenvalue weighted by Crippen LogP contribution is 2.25. The molecule has 0 spiro atoms. The molecule has 0 radical (unpaired) electrons. The average Bonchev–Trinajstić information content (AvgIpc) is 3.32. The maximum atomic E-state index is 12.0. The van der Waals surface area contributed by atoms with E-state index in [1.54, 1.807) is 29.1 Å². The Labute approximate surface area is 156 Å². The Kier molecular flexibility index (Phi) is 5.18. The fourth-order valence-corrected chi connectivity index (χ4v) is 4.72. The van der Waals surface area contributed by atoms with Crippen LogP contribution in [0.4, 0.5) is 5.13 Å². The summed E-state index contributed by atoms with van der Waals surface area (Å²) in [5, 5.41) is 6.16. The van der Waals surface area contributed by atoms with E-state index in [4.69, 9.17) is 5.73 Å². The van der Waals surface area contributed by atoms with Gasteiger partial charge in [0.05, 0.1) is 12.2 Å². The number of hydrogen-bond acceptors (Lipinski definition) is 7. The van der Waals surface area contributed by atoms with Crippen molar-refractivity contribution in [2.75, 3.05) is 11.9 Å². The summed E-state index contributed by atoms with van der Waals surface area (Å²) in [5.74, 6) is -1.13. The second kappa shape index (κ2) is 7.37. The summed E-state index contributed by atoms with van der Waals surface area (Å²) in [4.78, 5) is 30.0. The van der Waals surface area contributed by atoms with Gasteiger partial charge in [0.1, 0.15) is 9.90 Å². The number of nitrogens with zero attached hydrogens (tertiary/aromatic N) is 1. The van der Waals surface area contributed by atoms with Gasteiger partial charge in [-0.05, 0) is 17.5 Å². The van der Waals surface area contributed by atoms with E-state index >= 15 is 0 Å². The predicted molar refractivity (Wildman–Crippen MR) is 98.6 cm³/mol. The minimum Gasteiger partial charge on any atom is -0.364 e. The smallest absolute Gasteiger partial charge is 0.265 e. The quantitative estimate of drug-likeness (QED) is 0.461. The molecular formula is C14H13N5O4S3. The minimum atomic E-state index is -3.70. The van der Waals surface area contributed by atoms with Crippen LogP contribution >= 0.6 is 22.7 Å². The maximum absolute atomic E-state index is 12.0. The summed E-state index contributed by atoms with van der Waals surface area (Å²) in [7, 11) is -3.70. The zero-order valence-electron chi connectivity index (χ0n) is 13.1. The van der Waals surface area contributed by atoms with Crippen molar-refractivity contribution in [1.29, 1.82) is 0 Å². The number of thiazole rings is 1. The standard InChI is InChI=1S/C14H13N5O4S3/c15-13(21)9-4-8(5-16-9)10-7-25-14(18-10)19-11(20)6-17-26(22,23)12-2-1-3-24-12/h1-5,7,16-17H,6H2,(H2,15,21)(H,18,19,20). The molecule has 0 bridgehead atoms. The normalized spacial score (nSPS) is 11.4. The molecule has 0 fully saturated rings. The molecule has 12 heteroatoms. The largest absolute Gasteiger partial charge is 0.364 e. The molecule has 3 heterocycles. The summed E-state index contributed by atoms with van der Waals surface area (Å²) >= 11 is 2.24. The lowest BCUT2D eigenvalue weighted by molar-refractivity contribution is -0.115. The molecule has 0 unspecified atom stereocenters. The van der Waals surface area contributed by atoms with Crippen molar-refractivity contribution in [1.82, 2.24) is 14.7 Å². The van der Waals surface area contributed by atoms with Crippen molar-refractivity contribution in [3.63, 3.8) is 0 Å². The van der Waals surface area contributed by atoms with Gasteiger partial charge in [0.2, 0.25) is 5.91 Å². The SMILES string of the molecule is NC(=O)c1cc(-c2csc(NC(=O)CNS(=O)(=O)c3cccs3)n2)c[nH]1. The highest BCUT2D eigenvalue weighted by atomic mass is 32.2. The Hall–Kier alpha value is -2.54. The van der Waals surface area contributed by atoms with E-state index in [1.165, 1.54) is 17.4 Å². The molecule has 0 aliphatic rings. The highest BCUT2D eigenvalue weighted by Gasteiger charge is 2.17. The number of carbonyl (C=O) groups excluding carboxylic acids is 2. The molecule has 0 aliphatic carbocycles. The number of nitrogens with two attached hydrogens (primary N) is 1. The summed E-state index contributed by atoms with van der Waals surface area (Å²) in [6.45, 7) is -0.412. The number of sulfonamides is 1. The van der Waals surface area contributed by atoms with E-state index in [0.29, 0.717) is 16.4 Å². The van der Waals surface area contributed by atoms with E-state index in [2.05, 4.69) is 20.0 Å². The van der Waals surface area contributed by atoms with Crippen LogP contribution in [-0.4, -0.2) is 36.7 Å². The molecule has 3 aromatic heterocycles. The van der Waals surface area contributed by atoms with Crippen molar-refractivity contribution in [3.8, 4) is 11.3 Å². The van der Waals surface area contributed by atoms with Crippen LogP contribution in [-0.2, 0) is 14.8 Å². The van der Waals surface area contributed by atoms with Gasteiger partial charge >= 0.3 is 0 Å². The van der Waals surface area contributed by atoms with Crippen LogP contribution in [0.3, 0.4) is 0 Å². The Morgan fingerprint density at radius 2 is 2.12 bits per heavy atom. The van der Waals surface area contributed by atoms with Crippen LogP contribution in [0.1, 0.15) is 10.5 Å². The zero-order valence-corrected chi connectivity index (χ0v) is 15.5. The first-order chi connectivity index (χ1) is 12.3. The lowest BCUT2D eigenvalue weighted by atomic mass is 10.2. The van der Waals surface area contributed by atoms with Crippen molar-refractivity contribution in [2.45, 2.75) is 4.21 Å². The first-order valence-corrected chi connectivity index (χ1v) is 10.4. The molecule has 9 nitrogen and oxygen atoms in total. The third-order valence-corrected chi connectivity index (χ3v) is 6.73. The summed E-state index contributed by atoms with van der Waals surface area (Å²) in [6.07, 6.45) is 1.58. The Morgan fingerprint density at radius 3 is 2.77 bits per heavy atom. The molecule has 2 amide bonds. The average molecular weight is 411 g/mol. The number of carbonyl (C=O) groups is 2. The lowest BCUT2D eigenvalue weighted by Gasteiger charge is -2.04. The number of rotatable bonds is 7. The van der Waals surface area contributed by atoms with Gasteiger partial charge in [-0.2, -0.15) is 0 Å². The highest BCUT2D eigenvalue weighted by molar-refractivity contribution is 7.91. The van der Waals surface area contributed by atoms with Gasteiger partial charge in [0.15, 0.2) is 5.13 Å². The predicted octanol–water partition coefficient (Wildman–Crippen LogP) is 1.22. The first-order valence-electron chi connectivity index (χ1n) is 7.12. The number of nitrogens with one attached hydrogen (secondary N) is 3. The molecule has 0 atom stereocenters. The van der Waals surface area contributed by atoms with Gasteiger partial charge < -0.3 is 16.0 Å². The van der Waals surface area contributed by atoms with Gasteiger partial charge in [-0.25, -0.2) is 18.1 Å². The van der Waals surface area contributed by atoms with Crippen molar-refractivity contribution < 1.29 is 18.0 Å². The Bertz CT molecular complexity index is 1040. The second-order valence-electron chi connectivity index (χ2n) is 5.01. The third-order valence-electron chi connectivity index (χ3n) is 3.18. The topological polar surface area (TPSA) is 147 Å². The molecule has 136 valence electrons. The van der Waals surface area contributed by atoms with E-state index in [1.807, 2.05) is 0 Å². The first kappa shape index (κ1) is 18.3. The number of aromatic nitrogens is 2. The van der Waals surface area contributed by atoms with Gasteiger partial charge in [-0.3, -0.25) is 9.59 Å². The second-order valence-corrected chi connectivity index (χ2v) is 8.81. The number of hydrogen-bond donors (Lipinski definition) is 4. The molecule has 0 saturated carbocycles. The monoisotopic (exact) mass is 411 g/mol. The summed E-state index contributed by atoms with van der Waals surface area (Å²) in [6, 6.07) is 4.62. The van der Waals surface area contributed by atoms with E-state index in [-0.39, 0.29) is 9.90 Å². The molecule has 0 saturated heterocycles. The van der Waals surface area contributed by atoms with Crippen LogP contribution < -0.4 is 15.8 Å². The fraction of sp³-hybridized carbons (Fsp3) is 0.0714. The fourth-order valence-electron chi connectivity index (χ4n) is 1.96. The molecule has 0 aliphatic heterocycles. The van der Waals surface area contributed by atoms with Crippen LogP contribution in [0.15, 0.2) is 39.4 Å². The minimum absolute atomic E-state index is 0.138. The zero-order chi connectivity index (χ0) is 18.7. The van der Waals surface area contributed by atoms with Crippen LogP contribution in [0.25, 0.3) is 11.3 Å². The van der Waals surface area contributed by atoms with Crippen LogP contribution in [0.5, 0.6) is 0 Å². The van der Waals surface area contributed by atoms with E-state index in [9.17, 15) is 18.0 Å². The summed E-state index contributed by atoms with van der Waals surface area (Å²) < 4.78 is 26.3. The van der Waals surface area contributed by atoms with Gasteiger partial charge in [0, 0.05) is 17.1 Å². The summed E-state index contributed by atoms with van der Waals surface area (Å²) in [5.41, 5.74) is 6.63. The Morgan fingerprint density at radius 1 is 1.31 bits per heavy atom. The number of H-pyrrole nitrogens is 1. The Balaban J connectivity index is 1.60. The number of primary amides is 1. The molecule has 26 heavy (non-hydrogen) atoms. The lowest BCUT2D eigenvalue weighted by Crippen LogP contribution is -2.32.